The molecule has 70 valence electrons. The normalized spacial score (nSPS) is 9.62. The molecule has 1 aromatic heterocycles. The minimum absolute atomic E-state index is 0.109. The summed E-state index contributed by atoms with van der Waals surface area (Å²) in [6, 6.07) is 1.80. The van der Waals surface area contributed by atoms with Gasteiger partial charge in [0.15, 0.2) is 0 Å². The number of aliphatic hydroxyl groups excluding tert-OH is 1. The Balaban J connectivity index is 2.69. The summed E-state index contributed by atoms with van der Waals surface area (Å²) in [5.41, 5.74) is 0. The molecule has 0 aromatic carbocycles. The van der Waals surface area contributed by atoms with Gasteiger partial charge in [-0.15, -0.1) is 6.58 Å². The lowest BCUT2D eigenvalue weighted by Crippen LogP contribution is -2.27. The van der Waals surface area contributed by atoms with E-state index in [0.29, 0.717) is 13.1 Å². The number of hydrogen-bond donors (Lipinski definition) is 1. The predicted octanol–water partition coefficient (Wildman–Crippen LogP) is 0.461. The second-order valence-corrected chi connectivity index (χ2v) is 2.53. The Morgan fingerprint density at radius 2 is 2.46 bits per heavy atom. The Labute approximate surface area is 77.6 Å². The van der Waals surface area contributed by atoms with E-state index in [1.807, 2.05) is 4.90 Å². The van der Waals surface area contributed by atoms with Gasteiger partial charge in [-0.05, 0) is 6.07 Å². The average Bonchev–Trinajstić information content (AvgIpc) is 2.19. The van der Waals surface area contributed by atoms with Crippen molar-refractivity contribution in [3.05, 3.63) is 31.2 Å². The SMILES string of the molecule is C=CCN(CCO)c1ccncn1. The van der Waals surface area contributed by atoms with Crippen LogP contribution < -0.4 is 4.90 Å². The lowest BCUT2D eigenvalue weighted by atomic mass is 10.4. The van der Waals surface area contributed by atoms with Gasteiger partial charge in [0.05, 0.1) is 6.61 Å². The van der Waals surface area contributed by atoms with Gasteiger partial charge in [-0.3, -0.25) is 0 Å². The van der Waals surface area contributed by atoms with E-state index in [4.69, 9.17) is 5.11 Å². The van der Waals surface area contributed by atoms with E-state index in [1.54, 1.807) is 18.3 Å². The monoisotopic (exact) mass is 179 g/mol. The van der Waals surface area contributed by atoms with E-state index < -0.39 is 0 Å². The maximum Gasteiger partial charge on any atom is 0.132 e. The van der Waals surface area contributed by atoms with E-state index in [1.165, 1.54) is 6.33 Å². The van der Waals surface area contributed by atoms with Gasteiger partial charge in [-0.25, -0.2) is 9.97 Å². The van der Waals surface area contributed by atoms with Gasteiger partial charge in [0, 0.05) is 19.3 Å². The van der Waals surface area contributed by atoms with Crippen molar-refractivity contribution in [3.63, 3.8) is 0 Å². The van der Waals surface area contributed by atoms with Crippen molar-refractivity contribution < 1.29 is 5.11 Å². The second-order valence-electron chi connectivity index (χ2n) is 2.53. The topological polar surface area (TPSA) is 49.2 Å². The highest BCUT2D eigenvalue weighted by Gasteiger charge is 2.03. The van der Waals surface area contributed by atoms with Crippen LogP contribution >= 0.6 is 0 Å². The van der Waals surface area contributed by atoms with Crippen LogP contribution in [0.1, 0.15) is 0 Å². The predicted molar refractivity (Wildman–Crippen MR) is 51.5 cm³/mol. The van der Waals surface area contributed by atoms with Crippen LogP contribution in [0.2, 0.25) is 0 Å². The van der Waals surface area contributed by atoms with Crippen molar-refractivity contribution in [1.29, 1.82) is 0 Å². The molecule has 0 amide bonds. The van der Waals surface area contributed by atoms with Crippen molar-refractivity contribution in [2.75, 3.05) is 24.6 Å². The molecule has 0 fully saturated rings. The zero-order valence-electron chi connectivity index (χ0n) is 7.43. The minimum Gasteiger partial charge on any atom is -0.395 e. The highest BCUT2D eigenvalue weighted by molar-refractivity contribution is 5.37. The molecular formula is C9H13N3O. The molecule has 0 radical (unpaired) electrons. The van der Waals surface area contributed by atoms with Crippen LogP contribution in [-0.4, -0.2) is 34.8 Å². The first kappa shape index (κ1) is 9.67. The molecule has 0 unspecified atom stereocenters. The molecule has 4 nitrogen and oxygen atoms in total. The third-order valence-electron chi connectivity index (χ3n) is 1.61. The summed E-state index contributed by atoms with van der Waals surface area (Å²) >= 11 is 0. The van der Waals surface area contributed by atoms with Crippen molar-refractivity contribution in [3.8, 4) is 0 Å². The number of rotatable bonds is 5. The standard InChI is InChI=1S/C9H13N3O/c1-2-5-12(6-7-13)9-3-4-10-8-11-9/h2-4,8,13H,1,5-7H2. The highest BCUT2D eigenvalue weighted by atomic mass is 16.3. The van der Waals surface area contributed by atoms with Crippen LogP contribution in [0, 0.1) is 0 Å². The number of hydrogen-bond acceptors (Lipinski definition) is 4. The summed E-state index contributed by atoms with van der Waals surface area (Å²) < 4.78 is 0. The molecule has 1 heterocycles. The zero-order valence-corrected chi connectivity index (χ0v) is 7.43. The Morgan fingerprint density at radius 3 is 3.00 bits per heavy atom. The Hall–Kier alpha value is -1.42. The van der Waals surface area contributed by atoms with E-state index >= 15 is 0 Å². The average molecular weight is 179 g/mol. The molecule has 0 spiro atoms. The largest absolute Gasteiger partial charge is 0.395 e. The third kappa shape index (κ3) is 2.83. The van der Waals surface area contributed by atoms with E-state index in [-0.39, 0.29) is 6.61 Å². The number of anilines is 1. The molecule has 4 heteroatoms. The molecule has 0 aliphatic rings. The van der Waals surface area contributed by atoms with Gasteiger partial charge >= 0.3 is 0 Å². The first-order valence-corrected chi connectivity index (χ1v) is 4.11. The maximum absolute atomic E-state index is 8.81. The summed E-state index contributed by atoms with van der Waals surface area (Å²) in [6.07, 6.45) is 4.94. The molecule has 0 saturated carbocycles. The third-order valence-corrected chi connectivity index (χ3v) is 1.61. The first-order chi connectivity index (χ1) is 6.38. The lowest BCUT2D eigenvalue weighted by Gasteiger charge is -2.20. The highest BCUT2D eigenvalue weighted by Crippen LogP contribution is 2.06. The number of nitrogens with zero attached hydrogens (tertiary/aromatic N) is 3. The van der Waals surface area contributed by atoms with Gasteiger partial charge in [0.25, 0.3) is 0 Å². The van der Waals surface area contributed by atoms with E-state index in [9.17, 15) is 0 Å². The first-order valence-electron chi connectivity index (χ1n) is 4.11. The molecule has 1 N–H and O–H groups in total. The zero-order chi connectivity index (χ0) is 9.52. The van der Waals surface area contributed by atoms with Crippen molar-refractivity contribution in [2.24, 2.45) is 0 Å². The van der Waals surface area contributed by atoms with Gasteiger partial charge in [-0.1, -0.05) is 6.08 Å². The Kier molecular flexibility index (Phi) is 3.92. The molecule has 0 saturated heterocycles. The van der Waals surface area contributed by atoms with Crippen molar-refractivity contribution in [1.82, 2.24) is 9.97 Å². The van der Waals surface area contributed by atoms with Gasteiger partial charge in [0.1, 0.15) is 12.1 Å². The molecule has 0 bridgehead atoms. The maximum atomic E-state index is 8.81. The van der Waals surface area contributed by atoms with E-state index in [2.05, 4.69) is 16.5 Å². The van der Waals surface area contributed by atoms with Crippen LogP contribution in [0.4, 0.5) is 5.82 Å². The molecule has 1 aromatic rings. The fourth-order valence-corrected chi connectivity index (χ4v) is 1.05. The second kappa shape index (κ2) is 5.27. The molecule has 1 rings (SSSR count). The fraction of sp³-hybridized carbons (Fsp3) is 0.333. The fourth-order valence-electron chi connectivity index (χ4n) is 1.05. The van der Waals surface area contributed by atoms with Crippen LogP contribution in [0.5, 0.6) is 0 Å². The van der Waals surface area contributed by atoms with Gasteiger partial charge in [-0.2, -0.15) is 0 Å². The van der Waals surface area contributed by atoms with Crippen LogP contribution in [-0.2, 0) is 0 Å². The summed E-state index contributed by atoms with van der Waals surface area (Å²) in [7, 11) is 0. The molecule has 0 atom stereocenters. The molecule has 0 aliphatic carbocycles. The van der Waals surface area contributed by atoms with Crippen LogP contribution in [0.15, 0.2) is 31.2 Å². The summed E-state index contributed by atoms with van der Waals surface area (Å²) in [4.78, 5) is 9.82. The quantitative estimate of drug-likeness (QED) is 0.667. The molecular weight excluding hydrogens is 166 g/mol. The Morgan fingerprint density at radius 1 is 1.62 bits per heavy atom. The molecule has 0 aliphatic heterocycles. The number of aliphatic hydroxyl groups is 1. The summed E-state index contributed by atoms with van der Waals surface area (Å²) in [5, 5.41) is 8.81. The van der Waals surface area contributed by atoms with Crippen molar-refractivity contribution in [2.45, 2.75) is 0 Å². The van der Waals surface area contributed by atoms with Gasteiger partial charge < -0.3 is 10.0 Å². The van der Waals surface area contributed by atoms with Crippen molar-refractivity contribution >= 4 is 5.82 Å². The van der Waals surface area contributed by atoms with Crippen LogP contribution in [0.25, 0.3) is 0 Å². The van der Waals surface area contributed by atoms with Crippen LogP contribution in [0.3, 0.4) is 0 Å². The Bertz CT molecular complexity index is 250. The smallest absolute Gasteiger partial charge is 0.132 e. The summed E-state index contributed by atoms with van der Waals surface area (Å²) in [5.74, 6) is 0.809. The lowest BCUT2D eigenvalue weighted by molar-refractivity contribution is 0.302. The minimum atomic E-state index is 0.109. The van der Waals surface area contributed by atoms with E-state index in [0.717, 1.165) is 5.82 Å². The molecule has 13 heavy (non-hydrogen) atoms. The number of aromatic nitrogens is 2. The van der Waals surface area contributed by atoms with Gasteiger partial charge in [0.2, 0.25) is 0 Å². The summed E-state index contributed by atoms with van der Waals surface area (Å²) in [6.45, 7) is 4.99.